The quantitative estimate of drug-likeness (QED) is 0.502. The number of piperidine rings is 1. The van der Waals surface area contributed by atoms with Crippen LogP contribution in [-0.2, 0) is 11.3 Å². The van der Waals surface area contributed by atoms with Crippen molar-refractivity contribution in [2.45, 2.75) is 25.9 Å². The molecule has 1 aliphatic heterocycles. The van der Waals surface area contributed by atoms with Crippen LogP contribution in [-0.4, -0.2) is 41.6 Å². The van der Waals surface area contributed by atoms with E-state index < -0.39 is 12.0 Å². The first-order valence-corrected chi connectivity index (χ1v) is 12.0. The van der Waals surface area contributed by atoms with Crippen molar-refractivity contribution in [2.24, 2.45) is 11.7 Å². The second kappa shape index (κ2) is 11.1. The second-order valence-corrected chi connectivity index (χ2v) is 9.07. The van der Waals surface area contributed by atoms with Gasteiger partial charge >= 0.3 is 6.09 Å². The number of hydrogen-bond acceptors (Lipinski definition) is 7. The molecule has 0 spiro atoms. The number of anilines is 1. The van der Waals surface area contributed by atoms with E-state index in [1.165, 1.54) is 23.5 Å². The van der Waals surface area contributed by atoms with Crippen molar-refractivity contribution in [2.75, 3.05) is 24.5 Å². The highest BCUT2D eigenvalue weighted by molar-refractivity contribution is 7.09. The van der Waals surface area contributed by atoms with Gasteiger partial charge in [0, 0.05) is 36.8 Å². The number of pyridine rings is 1. The van der Waals surface area contributed by atoms with Crippen molar-refractivity contribution in [1.29, 1.82) is 0 Å². The molecule has 2 aromatic heterocycles. The van der Waals surface area contributed by atoms with Gasteiger partial charge in [0.15, 0.2) is 0 Å². The fraction of sp³-hybridized carbons (Fsp3) is 0.333. The normalized spacial score (nSPS) is 14.1. The Morgan fingerprint density at radius 3 is 2.53 bits per heavy atom. The molecular formula is C24H26FN5O3S. The zero-order valence-corrected chi connectivity index (χ0v) is 19.4. The van der Waals surface area contributed by atoms with Gasteiger partial charge in [-0.2, -0.15) is 0 Å². The molecule has 0 saturated carbocycles. The topological polar surface area (TPSA) is 110 Å². The van der Waals surface area contributed by atoms with Gasteiger partial charge in [0.1, 0.15) is 28.9 Å². The number of amides is 2. The van der Waals surface area contributed by atoms with Gasteiger partial charge in [-0.15, -0.1) is 11.3 Å². The third-order valence-electron chi connectivity index (χ3n) is 5.82. The maximum atomic E-state index is 13.1. The molecule has 3 heterocycles. The molecule has 8 nitrogen and oxygen atoms in total. The molecule has 1 fully saturated rings. The predicted octanol–water partition coefficient (Wildman–Crippen LogP) is 3.98. The van der Waals surface area contributed by atoms with E-state index in [-0.39, 0.29) is 18.1 Å². The summed E-state index contributed by atoms with van der Waals surface area (Å²) in [5.74, 6) is 0.606. The fourth-order valence-corrected chi connectivity index (χ4v) is 4.58. The first-order chi connectivity index (χ1) is 16.5. The zero-order valence-electron chi connectivity index (χ0n) is 18.6. The third-order valence-corrected chi connectivity index (χ3v) is 6.64. The number of nitrogens with two attached hydrogens (primary N) is 1. The Hall–Kier alpha value is -3.53. The number of ether oxygens (including phenoxy) is 1. The van der Waals surface area contributed by atoms with Gasteiger partial charge in [-0.25, -0.2) is 19.2 Å². The summed E-state index contributed by atoms with van der Waals surface area (Å²) in [4.78, 5) is 33.8. The smallest absolute Gasteiger partial charge is 0.407 e. The number of aromatic nitrogens is 2. The Labute approximate surface area is 201 Å². The van der Waals surface area contributed by atoms with Crippen LogP contribution in [0.3, 0.4) is 0 Å². The van der Waals surface area contributed by atoms with E-state index in [0.717, 1.165) is 49.3 Å². The molecule has 0 atom stereocenters. The minimum absolute atomic E-state index is 0.00905. The summed E-state index contributed by atoms with van der Waals surface area (Å²) >= 11 is 1.22. The maximum absolute atomic E-state index is 13.1. The molecule has 2 amide bonds. The van der Waals surface area contributed by atoms with Crippen LogP contribution < -0.4 is 16.0 Å². The zero-order chi connectivity index (χ0) is 23.9. The number of carbonyl (C=O) groups excluding carboxylic acids is 2. The molecule has 3 aromatic rings. The maximum Gasteiger partial charge on any atom is 0.407 e. The molecule has 1 aliphatic rings. The van der Waals surface area contributed by atoms with Crippen molar-refractivity contribution < 1.29 is 18.7 Å². The summed E-state index contributed by atoms with van der Waals surface area (Å²) < 4.78 is 18.3. The van der Waals surface area contributed by atoms with E-state index in [1.807, 2.05) is 18.3 Å². The summed E-state index contributed by atoms with van der Waals surface area (Å²) in [5, 5.41) is 4.84. The molecular weight excluding hydrogens is 457 g/mol. The number of rotatable bonds is 8. The van der Waals surface area contributed by atoms with E-state index in [4.69, 9.17) is 10.5 Å². The van der Waals surface area contributed by atoms with E-state index >= 15 is 0 Å². The minimum atomic E-state index is -0.601. The molecule has 10 heteroatoms. The first kappa shape index (κ1) is 23.6. The number of nitrogens with zero attached hydrogens (tertiary/aromatic N) is 3. The largest absolute Gasteiger partial charge is 0.442 e. The molecule has 4 rings (SSSR count). The lowest BCUT2D eigenvalue weighted by Crippen LogP contribution is -2.35. The predicted molar refractivity (Wildman–Crippen MR) is 128 cm³/mol. The summed E-state index contributed by atoms with van der Waals surface area (Å²) in [6, 6.07) is 10.4. The average molecular weight is 484 g/mol. The van der Waals surface area contributed by atoms with Crippen LogP contribution in [0.5, 0.6) is 0 Å². The van der Waals surface area contributed by atoms with Gasteiger partial charge in [0.2, 0.25) is 0 Å². The third kappa shape index (κ3) is 6.28. The van der Waals surface area contributed by atoms with Crippen LogP contribution in [0.4, 0.5) is 15.0 Å². The fourth-order valence-electron chi connectivity index (χ4n) is 3.88. The van der Waals surface area contributed by atoms with Crippen LogP contribution >= 0.6 is 11.3 Å². The Morgan fingerprint density at radius 1 is 1.15 bits per heavy atom. The molecule has 34 heavy (non-hydrogen) atoms. The number of halogens is 1. The number of primary amides is 1. The Balaban J connectivity index is 1.15. The molecule has 0 bridgehead atoms. The van der Waals surface area contributed by atoms with E-state index in [1.54, 1.807) is 17.5 Å². The van der Waals surface area contributed by atoms with E-state index in [9.17, 15) is 14.0 Å². The SMILES string of the molecule is NC(=O)c1csc(COC(=O)NCCC2CCN(c3ccc(-c4ccc(F)cc4)cn3)CC2)n1. The summed E-state index contributed by atoms with van der Waals surface area (Å²) in [6.45, 7) is 2.36. The molecule has 0 unspecified atom stereocenters. The Kier molecular flexibility index (Phi) is 7.69. The lowest BCUT2D eigenvalue weighted by atomic mass is 9.93. The Morgan fingerprint density at radius 2 is 1.88 bits per heavy atom. The van der Waals surface area contributed by atoms with Crippen molar-refractivity contribution in [3.63, 3.8) is 0 Å². The average Bonchev–Trinajstić information content (AvgIpc) is 3.34. The number of thiazole rings is 1. The number of alkyl carbamates (subject to hydrolysis) is 1. The van der Waals surface area contributed by atoms with Crippen molar-refractivity contribution in [1.82, 2.24) is 15.3 Å². The number of nitrogens with one attached hydrogen (secondary N) is 1. The Bertz CT molecular complexity index is 1110. The van der Waals surface area contributed by atoms with Crippen molar-refractivity contribution in [3.05, 3.63) is 64.5 Å². The van der Waals surface area contributed by atoms with E-state index in [2.05, 4.69) is 20.2 Å². The molecule has 3 N–H and O–H groups in total. The van der Waals surface area contributed by atoms with Crippen LogP contribution in [0.1, 0.15) is 34.8 Å². The highest BCUT2D eigenvalue weighted by atomic mass is 32.1. The van der Waals surface area contributed by atoms with Gasteiger partial charge in [0.05, 0.1) is 0 Å². The highest BCUT2D eigenvalue weighted by Gasteiger charge is 2.20. The van der Waals surface area contributed by atoms with Gasteiger partial charge in [-0.3, -0.25) is 4.79 Å². The number of carbonyl (C=O) groups is 2. The first-order valence-electron chi connectivity index (χ1n) is 11.1. The van der Waals surface area contributed by atoms with E-state index in [0.29, 0.717) is 17.5 Å². The summed E-state index contributed by atoms with van der Waals surface area (Å²) in [7, 11) is 0. The standard InChI is InChI=1S/C24H26FN5O3S/c25-19-4-1-17(2-5-19)18-3-6-21(28-13-18)30-11-8-16(9-12-30)7-10-27-24(32)33-14-22-29-20(15-34-22)23(26)31/h1-6,13,15-16H,7-12,14H2,(H2,26,31)(H,27,32). The van der Waals surface area contributed by atoms with Crippen molar-refractivity contribution >= 4 is 29.2 Å². The van der Waals surface area contributed by atoms with Crippen LogP contribution in [0.2, 0.25) is 0 Å². The molecule has 178 valence electrons. The number of hydrogen-bond donors (Lipinski definition) is 2. The van der Waals surface area contributed by atoms with Gasteiger partial charge in [0.25, 0.3) is 5.91 Å². The molecule has 0 aliphatic carbocycles. The lowest BCUT2D eigenvalue weighted by molar-refractivity contribution is 0.0996. The minimum Gasteiger partial charge on any atom is -0.442 e. The molecule has 0 radical (unpaired) electrons. The van der Waals surface area contributed by atoms with Crippen molar-refractivity contribution in [3.8, 4) is 11.1 Å². The second-order valence-electron chi connectivity index (χ2n) is 8.12. The van der Waals surface area contributed by atoms with Crippen LogP contribution in [0, 0.1) is 11.7 Å². The summed E-state index contributed by atoms with van der Waals surface area (Å²) in [6.07, 6.45) is 4.24. The number of benzene rings is 1. The van der Waals surface area contributed by atoms with Crippen LogP contribution in [0.25, 0.3) is 11.1 Å². The van der Waals surface area contributed by atoms with Gasteiger partial charge in [-0.1, -0.05) is 12.1 Å². The van der Waals surface area contributed by atoms with Gasteiger partial charge < -0.3 is 20.7 Å². The molecule has 1 saturated heterocycles. The lowest BCUT2D eigenvalue weighted by Gasteiger charge is -2.32. The van der Waals surface area contributed by atoms with Gasteiger partial charge in [-0.05, 0) is 55.0 Å². The monoisotopic (exact) mass is 483 g/mol. The molecule has 1 aromatic carbocycles. The summed E-state index contributed by atoms with van der Waals surface area (Å²) in [5.41, 5.74) is 7.23. The van der Waals surface area contributed by atoms with Crippen LogP contribution in [0.15, 0.2) is 48.0 Å². The highest BCUT2D eigenvalue weighted by Crippen LogP contribution is 2.26.